The monoisotopic (exact) mass is 442 g/mol. The van der Waals surface area contributed by atoms with E-state index in [4.69, 9.17) is 9.59 Å². The summed E-state index contributed by atoms with van der Waals surface area (Å²) in [5.74, 6) is 1.76. The van der Waals surface area contributed by atoms with Gasteiger partial charge in [0.25, 0.3) is 0 Å². The van der Waals surface area contributed by atoms with E-state index in [-0.39, 0.29) is 17.0 Å². The van der Waals surface area contributed by atoms with Crippen LogP contribution in [-0.2, 0) is 20.4 Å². The molecule has 0 N–H and O–H groups in total. The van der Waals surface area contributed by atoms with Crippen molar-refractivity contribution in [3.05, 3.63) is 46.2 Å². The smallest absolute Gasteiger partial charge is 0.237 e. The average molecular weight is 443 g/mol. The molecule has 0 aromatic carbocycles. The molecular formula is C21H23BrN4O2. The molecule has 0 radical (unpaired) electrons. The summed E-state index contributed by atoms with van der Waals surface area (Å²) in [7, 11) is 0. The molecule has 0 saturated heterocycles. The lowest BCUT2D eigenvalue weighted by molar-refractivity contribution is -0.191. The Labute approximate surface area is 173 Å². The van der Waals surface area contributed by atoms with Crippen molar-refractivity contribution >= 4 is 45.1 Å². The molecule has 0 fully saturated rings. The highest BCUT2D eigenvalue weighted by atomic mass is 79.9. The van der Waals surface area contributed by atoms with Crippen molar-refractivity contribution in [2.45, 2.75) is 52.4 Å². The summed E-state index contributed by atoms with van der Waals surface area (Å²) in [6.07, 6.45) is 3.83. The first kappa shape index (κ1) is 21.8. The topological polar surface area (TPSA) is 84.6 Å². The van der Waals surface area contributed by atoms with Crippen LogP contribution in [-0.4, -0.2) is 27.5 Å². The largest absolute Gasteiger partial charge is 0.373 e. The molecule has 0 spiro atoms. The van der Waals surface area contributed by atoms with Gasteiger partial charge in [-0.1, -0.05) is 33.8 Å². The maximum atomic E-state index is 8.12. The number of rotatable bonds is 0. The van der Waals surface area contributed by atoms with E-state index in [2.05, 4.69) is 89.6 Å². The van der Waals surface area contributed by atoms with Crippen molar-refractivity contribution in [2.24, 2.45) is 9.98 Å². The normalized spacial score (nSPS) is 16.8. The Morgan fingerprint density at radius 2 is 1.39 bits per heavy atom. The van der Waals surface area contributed by atoms with Gasteiger partial charge >= 0.3 is 6.15 Å². The average Bonchev–Trinajstić information content (AvgIpc) is 3.00. The second-order valence-electron chi connectivity index (χ2n) is 7.63. The number of carbonyl (C=O) groups excluding carboxylic acids is 2. The van der Waals surface area contributed by atoms with Crippen LogP contribution in [0.15, 0.2) is 45.1 Å². The minimum atomic E-state index is 0.0338. The first-order chi connectivity index (χ1) is 13.1. The predicted molar refractivity (Wildman–Crippen MR) is 113 cm³/mol. The van der Waals surface area contributed by atoms with E-state index in [1.165, 1.54) is 11.1 Å². The SMILES string of the molecule is CC1=Nc2ncc(Br)cc2C1(C)C.CC1=Nc2ncccc2C1(C)C.O=C=O. The minimum absolute atomic E-state index is 0.0338. The van der Waals surface area contributed by atoms with Crippen LogP contribution in [0.25, 0.3) is 0 Å². The number of hydrogen-bond donors (Lipinski definition) is 0. The van der Waals surface area contributed by atoms with Gasteiger partial charge in [0.15, 0.2) is 11.6 Å². The van der Waals surface area contributed by atoms with Gasteiger partial charge < -0.3 is 0 Å². The molecule has 0 unspecified atom stereocenters. The standard InChI is InChI=1S/C10H11BrN2.C10H12N2.CO2/c1-6-10(2,3)8-4-7(11)5-12-9(8)13-6;1-7-10(2,3)8-5-4-6-11-9(8)12-7;2-1-3/h4-5H,1-3H3;4-6H,1-3H3;. The Balaban J connectivity index is 0.000000176. The number of pyridine rings is 2. The van der Waals surface area contributed by atoms with Crippen LogP contribution in [0.3, 0.4) is 0 Å². The minimum Gasteiger partial charge on any atom is -0.237 e. The van der Waals surface area contributed by atoms with E-state index in [0.29, 0.717) is 0 Å². The molecule has 0 aliphatic carbocycles. The highest BCUT2D eigenvalue weighted by Gasteiger charge is 2.33. The van der Waals surface area contributed by atoms with Crippen molar-refractivity contribution in [1.82, 2.24) is 9.97 Å². The van der Waals surface area contributed by atoms with E-state index in [9.17, 15) is 0 Å². The van der Waals surface area contributed by atoms with Crippen LogP contribution in [0, 0.1) is 0 Å². The molecular weight excluding hydrogens is 420 g/mol. The van der Waals surface area contributed by atoms with E-state index >= 15 is 0 Å². The third-order valence-electron chi connectivity index (χ3n) is 5.32. The number of fused-ring (bicyclic) bond motifs is 2. The third-order valence-corrected chi connectivity index (χ3v) is 5.76. The maximum Gasteiger partial charge on any atom is 0.373 e. The lowest BCUT2D eigenvalue weighted by Gasteiger charge is -2.19. The van der Waals surface area contributed by atoms with Gasteiger partial charge in [-0.15, -0.1) is 0 Å². The summed E-state index contributed by atoms with van der Waals surface area (Å²) in [6.45, 7) is 12.8. The summed E-state index contributed by atoms with van der Waals surface area (Å²) in [5.41, 5.74) is 4.83. The van der Waals surface area contributed by atoms with Crippen LogP contribution in [0.4, 0.5) is 11.6 Å². The molecule has 6 nitrogen and oxygen atoms in total. The van der Waals surface area contributed by atoms with Gasteiger partial charge in [0, 0.05) is 50.2 Å². The van der Waals surface area contributed by atoms with Crippen molar-refractivity contribution in [3.8, 4) is 0 Å². The molecule has 0 saturated carbocycles. The van der Waals surface area contributed by atoms with Crippen LogP contribution < -0.4 is 0 Å². The van der Waals surface area contributed by atoms with E-state index in [1.54, 1.807) is 12.4 Å². The molecule has 0 atom stereocenters. The number of hydrogen-bond acceptors (Lipinski definition) is 6. The molecule has 146 valence electrons. The Bertz CT molecular complexity index is 988. The van der Waals surface area contributed by atoms with Crippen molar-refractivity contribution in [1.29, 1.82) is 0 Å². The highest BCUT2D eigenvalue weighted by Crippen LogP contribution is 2.39. The zero-order chi connectivity index (χ0) is 21.1. The van der Waals surface area contributed by atoms with Gasteiger partial charge in [-0.3, -0.25) is 0 Å². The molecule has 4 rings (SSSR count). The zero-order valence-corrected chi connectivity index (χ0v) is 18.5. The molecule has 0 bridgehead atoms. The fourth-order valence-electron chi connectivity index (χ4n) is 2.94. The Morgan fingerprint density at radius 1 is 0.893 bits per heavy atom. The summed E-state index contributed by atoms with van der Waals surface area (Å²) >= 11 is 3.42. The number of nitrogens with zero attached hydrogens (tertiary/aromatic N) is 4. The van der Waals surface area contributed by atoms with Gasteiger partial charge in [-0.25, -0.2) is 20.0 Å². The van der Waals surface area contributed by atoms with Gasteiger partial charge in [0.05, 0.1) is 0 Å². The number of aliphatic imine (C=N–C) groups is 2. The molecule has 4 heterocycles. The first-order valence-electron chi connectivity index (χ1n) is 8.78. The van der Waals surface area contributed by atoms with Crippen LogP contribution >= 0.6 is 15.9 Å². The summed E-state index contributed by atoms with van der Waals surface area (Å²) < 4.78 is 1.02. The zero-order valence-electron chi connectivity index (χ0n) is 16.9. The molecule has 2 aliphatic rings. The third kappa shape index (κ3) is 4.16. The van der Waals surface area contributed by atoms with Gasteiger partial charge in [0.1, 0.15) is 0 Å². The summed E-state index contributed by atoms with van der Waals surface area (Å²) in [5, 5.41) is 0. The number of halogens is 1. The fraction of sp³-hybridized carbons (Fsp3) is 0.381. The van der Waals surface area contributed by atoms with E-state index in [0.717, 1.165) is 27.5 Å². The van der Waals surface area contributed by atoms with Crippen LogP contribution in [0.1, 0.15) is 52.7 Å². The second-order valence-corrected chi connectivity index (χ2v) is 8.54. The summed E-state index contributed by atoms with van der Waals surface area (Å²) in [4.78, 5) is 33.6. The second kappa shape index (κ2) is 8.25. The summed E-state index contributed by atoms with van der Waals surface area (Å²) in [6, 6.07) is 6.17. The van der Waals surface area contributed by atoms with Crippen molar-refractivity contribution in [3.63, 3.8) is 0 Å². The first-order valence-corrected chi connectivity index (χ1v) is 9.57. The van der Waals surface area contributed by atoms with Crippen molar-refractivity contribution < 1.29 is 9.59 Å². The highest BCUT2D eigenvalue weighted by molar-refractivity contribution is 9.10. The lowest BCUT2D eigenvalue weighted by atomic mass is 9.83. The van der Waals surface area contributed by atoms with Crippen LogP contribution in [0.2, 0.25) is 0 Å². The number of aromatic nitrogens is 2. The molecule has 2 aromatic heterocycles. The molecule has 2 aromatic rings. The van der Waals surface area contributed by atoms with Gasteiger partial charge in [-0.2, -0.15) is 9.59 Å². The Kier molecular flexibility index (Phi) is 6.42. The quantitative estimate of drug-likeness (QED) is 0.567. The Morgan fingerprint density at radius 3 is 1.93 bits per heavy atom. The van der Waals surface area contributed by atoms with Gasteiger partial charge in [-0.05, 0) is 41.9 Å². The predicted octanol–water partition coefficient (Wildman–Crippen LogP) is 5.11. The van der Waals surface area contributed by atoms with E-state index < -0.39 is 0 Å². The Hall–Kier alpha value is -2.50. The van der Waals surface area contributed by atoms with Gasteiger partial charge in [0.2, 0.25) is 0 Å². The van der Waals surface area contributed by atoms with Crippen molar-refractivity contribution in [2.75, 3.05) is 0 Å². The maximum absolute atomic E-state index is 8.12. The molecule has 7 heteroatoms. The molecule has 28 heavy (non-hydrogen) atoms. The van der Waals surface area contributed by atoms with Crippen LogP contribution in [0.5, 0.6) is 0 Å². The molecule has 2 aliphatic heterocycles. The van der Waals surface area contributed by atoms with E-state index in [1.807, 2.05) is 6.07 Å². The molecule has 0 amide bonds. The fourth-order valence-corrected chi connectivity index (χ4v) is 3.27. The lowest BCUT2D eigenvalue weighted by Crippen LogP contribution is -2.22.